The molecule has 2 atom stereocenters. The van der Waals surface area contributed by atoms with E-state index in [2.05, 4.69) is 34.7 Å². The summed E-state index contributed by atoms with van der Waals surface area (Å²) in [5, 5.41) is 10.6. The average molecular weight is 445 g/mol. The molecule has 0 unspecified atom stereocenters. The summed E-state index contributed by atoms with van der Waals surface area (Å²) in [5.41, 5.74) is 2.20. The van der Waals surface area contributed by atoms with Crippen molar-refractivity contribution >= 4 is 40.0 Å². The van der Waals surface area contributed by atoms with E-state index in [1.165, 1.54) is 5.56 Å². The molecule has 122 valence electrons. The second-order valence-electron chi connectivity index (χ2n) is 5.63. The molecule has 1 fully saturated rings. The number of rotatable bonds is 4. The molecule has 6 heteroatoms. The van der Waals surface area contributed by atoms with E-state index in [1.807, 2.05) is 29.2 Å². The molecule has 0 radical (unpaired) electrons. The number of hydrogen-bond donors (Lipinski definition) is 1. The van der Waals surface area contributed by atoms with Crippen LogP contribution in [0.2, 0.25) is 5.02 Å². The molecule has 0 bridgehead atoms. The van der Waals surface area contributed by atoms with Crippen LogP contribution in [0.1, 0.15) is 11.3 Å². The number of aromatic nitrogens is 1. The lowest BCUT2D eigenvalue weighted by Gasteiger charge is -2.20. The zero-order valence-corrected chi connectivity index (χ0v) is 15.7. The van der Waals surface area contributed by atoms with Crippen molar-refractivity contribution in [2.75, 3.05) is 25.1 Å². The monoisotopic (exact) mass is 444 g/mol. The van der Waals surface area contributed by atoms with Crippen molar-refractivity contribution in [3.63, 3.8) is 0 Å². The minimum Gasteiger partial charge on any atom is -0.388 e. The molecule has 1 aromatic carbocycles. The average Bonchev–Trinajstić information content (AvgIpc) is 2.91. The minimum absolute atomic E-state index is 0.204. The molecule has 1 aromatic heterocycles. The highest BCUT2D eigenvalue weighted by Gasteiger charge is 2.33. The van der Waals surface area contributed by atoms with Crippen molar-refractivity contribution in [2.24, 2.45) is 0 Å². The van der Waals surface area contributed by atoms with Crippen molar-refractivity contribution in [1.29, 1.82) is 0 Å². The molecule has 4 nitrogen and oxygen atoms in total. The Balaban J connectivity index is 1.88. The van der Waals surface area contributed by atoms with E-state index in [1.54, 1.807) is 7.11 Å². The van der Waals surface area contributed by atoms with Gasteiger partial charge in [0.25, 0.3) is 0 Å². The van der Waals surface area contributed by atoms with Crippen LogP contribution in [-0.2, 0) is 11.2 Å². The first kappa shape index (κ1) is 17.0. The Morgan fingerprint density at radius 2 is 2.09 bits per heavy atom. The van der Waals surface area contributed by atoms with Gasteiger partial charge in [0.2, 0.25) is 0 Å². The van der Waals surface area contributed by atoms with Crippen LogP contribution in [0.3, 0.4) is 0 Å². The van der Waals surface area contributed by atoms with Crippen molar-refractivity contribution < 1.29 is 9.84 Å². The lowest BCUT2D eigenvalue weighted by atomic mass is 10.1. The second kappa shape index (κ2) is 7.34. The number of hydrogen-bond acceptors (Lipinski definition) is 4. The van der Waals surface area contributed by atoms with Crippen LogP contribution in [-0.4, -0.2) is 42.5 Å². The fraction of sp³-hybridized carbons (Fsp3) is 0.353. The number of benzene rings is 1. The molecule has 2 heterocycles. The first-order valence-electron chi connectivity index (χ1n) is 7.43. The molecule has 1 aliphatic rings. The largest absolute Gasteiger partial charge is 0.388 e. The molecule has 0 amide bonds. The van der Waals surface area contributed by atoms with E-state index in [4.69, 9.17) is 21.3 Å². The molecular formula is C17H18ClIN2O2. The number of pyridine rings is 1. The Labute approximate surface area is 154 Å². The Hall–Kier alpha value is -0.890. The van der Waals surface area contributed by atoms with E-state index in [-0.39, 0.29) is 6.10 Å². The lowest BCUT2D eigenvalue weighted by Crippen LogP contribution is -2.25. The predicted octanol–water partition coefficient (Wildman–Crippen LogP) is 3.13. The first-order chi connectivity index (χ1) is 11.1. The normalized spacial score (nSPS) is 21.0. The van der Waals surface area contributed by atoms with Gasteiger partial charge in [-0.05, 0) is 34.2 Å². The van der Waals surface area contributed by atoms with Gasteiger partial charge in [-0.2, -0.15) is 0 Å². The highest BCUT2D eigenvalue weighted by atomic mass is 127. The maximum atomic E-state index is 10.0. The number of methoxy groups -OCH3 is 1. The predicted molar refractivity (Wildman–Crippen MR) is 100 cm³/mol. The van der Waals surface area contributed by atoms with E-state index in [0.717, 1.165) is 21.5 Å². The Bertz CT molecular complexity index is 684. The number of aliphatic hydroxyl groups is 1. The maximum absolute atomic E-state index is 10.0. The number of β-amino-alcohol motifs (C(OH)–C–C–N with tert-alkyl or cyclic N) is 1. The Kier molecular flexibility index (Phi) is 5.41. The molecule has 0 aliphatic carbocycles. The molecular weight excluding hydrogens is 427 g/mol. The summed E-state index contributed by atoms with van der Waals surface area (Å²) < 4.78 is 6.35. The van der Waals surface area contributed by atoms with Gasteiger partial charge < -0.3 is 14.7 Å². The van der Waals surface area contributed by atoms with Gasteiger partial charge in [-0.25, -0.2) is 4.98 Å². The first-order valence-corrected chi connectivity index (χ1v) is 8.89. The van der Waals surface area contributed by atoms with Gasteiger partial charge >= 0.3 is 0 Å². The maximum Gasteiger partial charge on any atom is 0.147 e. The summed E-state index contributed by atoms with van der Waals surface area (Å²) in [7, 11) is 1.61. The number of anilines is 1. The summed E-state index contributed by atoms with van der Waals surface area (Å²) in [6, 6.07) is 12.2. The van der Waals surface area contributed by atoms with Gasteiger partial charge in [0, 0.05) is 30.2 Å². The zero-order valence-electron chi connectivity index (χ0n) is 12.7. The van der Waals surface area contributed by atoms with E-state index < -0.39 is 6.10 Å². The molecule has 3 rings (SSSR count). The number of nitrogens with zero attached hydrogens (tertiary/aromatic N) is 2. The zero-order chi connectivity index (χ0) is 16.4. The molecule has 23 heavy (non-hydrogen) atoms. The molecule has 2 aromatic rings. The molecule has 0 saturated carbocycles. The third kappa shape index (κ3) is 3.79. The quantitative estimate of drug-likeness (QED) is 0.736. The summed E-state index contributed by atoms with van der Waals surface area (Å²) >= 11 is 8.66. The molecule has 1 saturated heterocycles. The van der Waals surface area contributed by atoms with Gasteiger partial charge in [0.05, 0.1) is 16.8 Å². The topological polar surface area (TPSA) is 45.6 Å². The number of halogens is 2. The highest BCUT2D eigenvalue weighted by molar-refractivity contribution is 14.1. The summed E-state index contributed by atoms with van der Waals surface area (Å²) in [5.74, 6) is 0.719. The summed E-state index contributed by atoms with van der Waals surface area (Å²) in [6.45, 7) is 1.08. The van der Waals surface area contributed by atoms with E-state index in [9.17, 15) is 5.11 Å². The number of ether oxygens (including phenoxy) is 1. The Morgan fingerprint density at radius 3 is 2.74 bits per heavy atom. The van der Waals surface area contributed by atoms with Gasteiger partial charge in [0.1, 0.15) is 11.9 Å². The molecule has 0 spiro atoms. The summed E-state index contributed by atoms with van der Waals surface area (Å²) in [6.07, 6.45) is 0.0346. The third-order valence-electron chi connectivity index (χ3n) is 4.04. The standard InChI is InChI=1S/C17H18ClIN2O2/c1-23-16-10-21(9-15(16)22)17-12(18)8-13(19)14(20-17)7-11-5-3-2-4-6-11/h2-6,8,15-16,22H,7,9-10H2,1H3/t15-,16-/m1/s1. The molecule has 1 aliphatic heterocycles. The third-order valence-corrected chi connectivity index (χ3v) is 5.25. The lowest BCUT2D eigenvalue weighted by molar-refractivity contribution is 0.0217. The highest BCUT2D eigenvalue weighted by Crippen LogP contribution is 2.31. The van der Waals surface area contributed by atoms with E-state index >= 15 is 0 Å². The molecule has 1 N–H and O–H groups in total. The summed E-state index contributed by atoms with van der Waals surface area (Å²) in [4.78, 5) is 6.76. The fourth-order valence-corrected chi connectivity index (χ4v) is 3.87. The second-order valence-corrected chi connectivity index (χ2v) is 7.20. The van der Waals surface area contributed by atoms with Crippen LogP contribution in [0.15, 0.2) is 36.4 Å². The van der Waals surface area contributed by atoms with Gasteiger partial charge in [-0.1, -0.05) is 41.9 Å². The van der Waals surface area contributed by atoms with Crippen molar-refractivity contribution in [3.05, 3.63) is 56.2 Å². The van der Waals surface area contributed by atoms with Crippen molar-refractivity contribution in [2.45, 2.75) is 18.6 Å². The Morgan fingerprint density at radius 1 is 1.35 bits per heavy atom. The van der Waals surface area contributed by atoms with Crippen LogP contribution >= 0.6 is 34.2 Å². The van der Waals surface area contributed by atoms with Crippen LogP contribution in [0.4, 0.5) is 5.82 Å². The van der Waals surface area contributed by atoms with Gasteiger partial charge in [-0.15, -0.1) is 0 Å². The fourth-order valence-electron chi connectivity index (χ4n) is 2.79. The van der Waals surface area contributed by atoms with Gasteiger partial charge in [-0.3, -0.25) is 0 Å². The smallest absolute Gasteiger partial charge is 0.147 e. The SMILES string of the molecule is CO[C@@H]1CN(c2nc(Cc3ccccc3)c(I)cc2Cl)C[C@H]1O. The van der Waals surface area contributed by atoms with Crippen LogP contribution in [0.5, 0.6) is 0 Å². The van der Waals surface area contributed by atoms with Crippen molar-refractivity contribution in [3.8, 4) is 0 Å². The van der Waals surface area contributed by atoms with Crippen LogP contribution in [0, 0.1) is 3.57 Å². The van der Waals surface area contributed by atoms with Crippen LogP contribution < -0.4 is 4.90 Å². The van der Waals surface area contributed by atoms with E-state index in [0.29, 0.717) is 18.1 Å². The minimum atomic E-state index is -0.519. The van der Waals surface area contributed by atoms with Gasteiger partial charge in [0.15, 0.2) is 0 Å². The van der Waals surface area contributed by atoms with Crippen LogP contribution in [0.25, 0.3) is 0 Å². The van der Waals surface area contributed by atoms with Crippen molar-refractivity contribution in [1.82, 2.24) is 4.98 Å². The number of aliphatic hydroxyl groups excluding tert-OH is 1.